The molecule has 1 unspecified atom stereocenters. The molecule has 1 aromatic rings. The summed E-state index contributed by atoms with van der Waals surface area (Å²) >= 11 is 0. The summed E-state index contributed by atoms with van der Waals surface area (Å²) in [6.45, 7) is 1.74. The number of hydrogen-bond acceptors (Lipinski definition) is 5. The summed E-state index contributed by atoms with van der Waals surface area (Å²) in [6, 6.07) is 4.25. The van der Waals surface area contributed by atoms with Gasteiger partial charge in [0.05, 0.1) is 27.4 Å². The third kappa shape index (κ3) is 2.83. The molecule has 0 saturated heterocycles. The van der Waals surface area contributed by atoms with E-state index in [1.165, 1.54) is 14.2 Å². The molecule has 0 radical (unpaired) electrons. The molecule has 0 fully saturated rings. The molecule has 22 heavy (non-hydrogen) atoms. The van der Waals surface area contributed by atoms with Crippen LogP contribution in [0.4, 0.5) is 4.79 Å². The molecule has 1 atom stereocenters. The summed E-state index contributed by atoms with van der Waals surface area (Å²) in [5, 5.41) is 5.23. The van der Waals surface area contributed by atoms with Crippen molar-refractivity contribution in [2.45, 2.75) is 13.0 Å². The summed E-state index contributed by atoms with van der Waals surface area (Å²) in [4.78, 5) is 23.6. The summed E-state index contributed by atoms with van der Waals surface area (Å²) < 4.78 is 15.2. The second-order valence-electron chi connectivity index (χ2n) is 4.69. The number of carbonyl (C=O) groups excluding carboxylic acids is 2. The lowest BCUT2D eigenvalue weighted by Gasteiger charge is -2.28. The molecule has 1 heterocycles. The highest BCUT2D eigenvalue weighted by Crippen LogP contribution is 2.35. The number of hydrogen-bond donors (Lipinski definition) is 2. The first-order valence-corrected chi connectivity index (χ1v) is 6.60. The van der Waals surface area contributed by atoms with Crippen molar-refractivity contribution < 1.29 is 23.8 Å². The number of amides is 2. The summed E-state index contributed by atoms with van der Waals surface area (Å²) in [5.74, 6) is 0.603. The van der Waals surface area contributed by atoms with Gasteiger partial charge < -0.3 is 24.8 Å². The summed E-state index contributed by atoms with van der Waals surface area (Å²) in [6.07, 6.45) is 0. The molecule has 0 aromatic heterocycles. The fourth-order valence-electron chi connectivity index (χ4n) is 2.32. The predicted octanol–water partition coefficient (Wildman–Crippen LogP) is 1.50. The largest absolute Gasteiger partial charge is 0.497 e. The van der Waals surface area contributed by atoms with Gasteiger partial charge in [-0.25, -0.2) is 9.59 Å². The maximum Gasteiger partial charge on any atom is 0.354 e. The van der Waals surface area contributed by atoms with Gasteiger partial charge in [-0.15, -0.1) is 0 Å². The van der Waals surface area contributed by atoms with Crippen molar-refractivity contribution in [1.29, 1.82) is 0 Å². The van der Waals surface area contributed by atoms with Crippen LogP contribution in [0.25, 0.3) is 0 Å². The molecule has 2 rings (SSSR count). The highest BCUT2D eigenvalue weighted by Gasteiger charge is 2.31. The lowest BCUT2D eigenvalue weighted by atomic mass is 9.95. The molecule has 0 aliphatic carbocycles. The third-order valence-corrected chi connectivity index (χ3v) is 3.48. The van der Waals surface area contributed by atoms with Crippen LogP contribution < -0.4 is 20.1 Å². The zero-order valence-corrected chi connectivity index (χ0v) is 12.9. The van der Waals surface area contributed by atoms with E-state index in [1.54, 1.807) is 32.2 Å². The number of methoxy groups -OCH3 is 3. The molecule has 7 heteroatoms. The fourth-order valence-corrected chi connectivity index (χ4v) is 2.32. The van der Waals surface area contributed by atoms with Crippen molar-refractivity contribution >= 4 is 12.0 Å². The Morgan fingerprint density at radius 1 is 1.18 bits per heavy atom. The molecule has 2 amide bonds. The van der Waals surface area contributed by atoms with Crippen LogP contribution in [0.3, 0.4) is 0 Å². The molecule has 0 spiro atoms. The van der Waals surface area contributed by atoms with Gasteiger partial charge in [0, 0.05) is 5.56 Å². The van der Waals surface area contributed by atoms with E-state index in [2.05, 4.69) is 10.6 Å². The number of urea groups is 1. The predicted molar refractivity (Wildman–Crippen MR) is 78.7 cm³/mol. The van der Waals surface area contributed by atoms with Gasteiger partial charge in [-0.1, -0.05) is 0 Å². The van der Waals surface area contributed by atoms with Crippen molar-refractivity contribution in [1.82, 2.24) is 10.6 Å². The van der Waals surface area contributed by atoms with Crippen molar-refractivity contribution in [3.63, 3.8) is 0 Å². The van der Waals surface area contributed by atoms with Crippen molar-refractivity contribution in [2.24, 2.45) is 0 Å². The van der Waals surface area contributed by atoms with Gasteiger partial charge in [-0.05, 0) is 30.7 Å². The maximum absolute atomic E-state index is 11.8. The van der Waals surface area contributed by atoms with Crippen LogP contribution >= 0.6 is 0 Å². The molecule has 1 aliphatic rings. The first-order valence-electron chi connectivity index (χ1n) is 6.60. The van der Waals surface area contributed by atoms with E-state index in [-0.39, 0.29) is 5.70 Å². The third-order valence-electron chi connectivity index (χ3n) is 3.48. The van der Waals surface area contributed by atoms with Crippen LogP contribution in [0, 0.1) is 0 Å². The smallest absolute Gasteiger partial charge is 0.354 e. The van der Waals surface area contributed by atoms with Crippen LogP contribution in [-0.4, -0.2) is 33.3 Å². The average molecular weight is 306 g/mol. The minimum atomic E-state index is -0.598. The van der Waals surface area contributed by atoms with Crippen LogP contribution in [0.15, 0.2) is 29.5 Å². The summed E-state index contributed by atoms with van der Waals surface area (Å²) in [7, 11) is 4.35. The van der Waals surface area contributed by atoms with E-state index >= 15 is 0 Å². The maximum atomic E-state index is 11.8. The van der Waals surface area contributed by atoms with Crippen LogP contribution in [0.1, 0.15) is 18.5 Å². The van der Waals surface area contributed by atoms with Gasteiger partial charge >= 0.3 is 12.0 Å². The standard InChI is InChI=1S/C15H18N2O5/c1-8-12(16-15(19)17-13(8)14(18)22-4)10-7-9(20-2)5-6-11(10)21-3/h5-7,12H,1-4H3,(H2,16,17,19). The normalized spacial score (nSPS) is 17.5. The zero-order valence-electron chi connectivity index (χ0n) is 12.9. The van der Waals surface area contributed by atoms with E-state index in [9.17, 15) is 9.59 Å². The number of ether oxygens (including phenoxy) is 3. The second-order valence-corrected chi connectivity index (χ2v) is 4.69. The number of esters is 1. The Bertz CT molecular complexity index is 639. The van der Waals surface area contributed by atoms with Crippen LogP contribution in [0.2, 0.25) is 0 Å². The second kappa shape index (κ2) is 6.38. The van der Waals surface area contributed by atoms with Crippen LogP contribution in [-0.2, 0) is 9.53 Å². The van der Waals surface area contributed by atoms with E-state index in [4.69, 9.17) is 14.2 Å². The SMILES string of the molecule is COC(=O)C1=C(C)C(c2cc(OC)ccc2OC)NC(=O)N1. The number of nitrogens with one attached hydrogen (secondary N) is 2. The Morgan fingerprint density at radius 3 is 2.50 bits per heavy atom. The molecule has 118 valence electrons. The Morgan fingerprint density at radius 2 is 1.91 bits per heavy atom. The molecule has 7 nitrogen and oxygen atoms in total. The minimum Gasteiger partial charge on any atom is -0.497 e. The van der Waals surface area contributed by atoms with E-state index in [0.717, 1.165) is 0 Å². The van der Waals surface area contributed by atoms with Gasteiger partial charge in [0.2, 0.25) is 0 Å². The van der Waals surface area contributed by atoms with Crippen molar-refractivity contribution in [3.8, 4) is 11.5 Å². The van der Waals surface area contributed by atoms with Gasteiger partial charge in [-0.3, -0.25) is 0 Å². The minimum absolute atomic E-state index is 0.126. The average Bonchev–Trinajstić information content (AvgIpc) is 2.55. The van der Waals surface area contributed by atoms with Gasteiger partial charge in [-0.2, -0.15) is 0 Å². The van der Waals surface area contributed by atoms with Crippen molar-refractivity contribution in [3.05, 3.63) is 35.0 Å². The van der Waals surface area contributed by atoms with Crippen LogP contribution in [0.5, 0.6) is 11.5 Å². The first kappa shape index (κ1) is 15.7. The fraction of sp³-hybridized carbons (Fsp3) is 0.333. The Kier molecular flexibility index (Phi) is 4.55. The summed E-state index contributed by atoms with van der Waals surface area (Å²) in [5.41, 5.74) is 1.44. The molecule has 2 N–H and O–H groups in total. The lowest BCUT2D eigenvalue weighted by molar-refractivity contribution is -0.136. The molecule has 0 bridgehead atoms. The highest BCUT2D eigenvalue weighted by atomic mass is 16.5. The quantitative estimate of drug-likeness (QED) is 0.823. The molecule has 0 saturated carbocycles. The zero-order chi connectivity index (χ0) is 16.3. The Hall–Kier alpha value is -2.70. The number of benzene rings is 1. The van der Waals surface area contributed by atoms with Gasteiger partial charge in [0.15, 0.2) is 0 Å². The molecular weight excluding hydrogens is 288 g/mol. The lowest BCUT2D eigenvalue weighted by Crippen LogP contribution is -2.45. The Balaban J connectivity index is 2.54. The van der Waals surface area contributed by atoms with Gasteiger partial charge in [0.1, 0.15) is 17.2 Å². The molecule has 1 aliphatic heterocycles. The monoisotopic (exact) mass is 306 g/mol. The van der Waals surface area contributed by atoms with Gasteiger partial charge in [0.25, 0.3) is 0 Å². The highest BCUT2D eigenvalue weighted by molar-refractivity contribution is 5.96. The number of carbonyl (C=O) groups is 2. The first-order chi connectivity index (χ1) is 10.5. The topological polar surface area (TPSA) is 85.9 Å². The van der Waals surface area contributed by atoms with E-state index in [1.807, 2.05) is 0 Å². The number of rotatable bonds is 4. The molecule has 1 aromatic carbocycles. The van der Waals surface area contributed by atoms with E-state index in [0.29, 0.717) is 22.6 Å². The van der Waals surface area contributed by atoms with E-state index < -0.39 is 18.0 Å². The molecular formula is C15H18N2O5. The van der Waals surface area contributed by atoms with Crippen molar-refractivity contribution in [2.75, 3.05) is 21.3 Å². The Labute approximate surface area is 128 Å².